The van der Waals surface area contributed by atoms with Crippen LogP contribution in [0.2, 0.25) is 10.0 Å². The van der Waals surface area contributed by atoms with E-state index >= 15 is 0 Å². The first kappa shape index (κ1) is 22.7. The van der Waals surface area contributed by atoms with Gasteiger partial charge < -0.3 is 14.8 Å². The molecule has 2 aromatic rings. The Bertz CT molecular complexity index is 1050. The number of anilines is 1. The van der Waals surface area contributed by atoms with Crippen molar-refractivity contribution in [3.63, 3.8) is 0 Å². The average molecular weight is 473 g/mol. The molecule has 0 bridgehead atoms. The van der Waals surface area contributed by atoms with Crippen molar-refractivity contribution in [1.82, 2.24) is 4.31 Å². The molecule has 3 rings (SSSR count). The number of ether oxygens (including phenoxy) is 2. The fourth-order valence-electron chi connectivity index (χ4n) is 3.33. The molecule has 30 heavy (non-hydrogen) atoms. The molecule has 0 aliphatic carbocycles. The van der Waals surface area contributed by atoms with Crippen molar-refractivity contribution in [2.75, 3.05) is 32.6 Å². The van der Waals surface area contributed by atoms with Gasteiger partial charge in [-0.1, -0.05) is 23.2 Å². The van der Waals surface area contributed by atoms with Gasteiger partial charge in [0.2, 0.25) is 15.9 Å². The highest BCUT2D eigenvalue weighted by molar-refractivity contribution is 7.89. The van der Waals surface area contributed by atoms with Crippen LogP contribution in [0.3, 0.4) is 0 Å². The number of amides is 1. The van der Waals surface area contributed by atoms with Crippen molar-refractivity contribution in [2.24, 2.45) is 5.92 Å². The van der Waals surface area contributed by atoms with Crippen LogP contribution >= 0.6 is 23.2 Å². The number of rotatable bonds is 6. The number of nitrogens with zero attached hydrogens (tertiary/aromatic N) is 1. The molecular formula is C20H22Cl2N2O5S. The van der Waals surface area contributed by atoms with Gasteiger partial charge in [0, 0.05) is 24.2 Å². The second-order valence-corrected chi connectivity index (χ2v) is 9.61. The summed E-state index contributed by atoms with van der Waals surface area (Å²) in [5, 5.41) is 3.55. The molecule has 0 unspecified atom stereocenters. The second-order valence-electron chi connectivity index (χ2n) is 6.83. The highest BCUT2D eigenvalue weighted by Gasteiger charge is 2.34. The fourth-order valence-corrected chi connectivity index (χ4v) is 5.32. The Morgan fingerprint density at radius 1 is 1.10 bits per heavy atom. The van der Waals surface area contributed by atoms with Crippen LogP contribution in [0.5, 0.6) is 11.5 Å². The number of methoxy groups -OCH3 is 2. The van der Waals surface area contributed by atoms with E-state index in [1.807, 2.05) is 0 Å². The van der Waals surface area contributed by atoms with E-state index in [0.29, 0.717) is 46.6 Å². The molecule has 1 amide bonds. The number of hydrogen-bond donors (Lipinski definition) is 1. The Kier molecular flexibility index (Phi) is 7.13. The number of carbonyl (C=O) groups is 1. The predicted molar refractivity (Wildman–Crippen MR) is 116 cm³/mol. The largest absolute Gasteiger partial charge is 0.493 e. The van der Waals surface area contributed by atoms with Crippen LogP contribution in [-0.2, 0) is 14.8 Å². The summed E-state index contributed by atoms with van der Waals surface area (Å²) in [6, 6.07) is 9.20. The molecule has 1 saturated heterocycles. The summed E-state index contributed by atoms with van der Waals surface area (Å²) >= 11 is 12.0. The van der Waals surface area contributed by atoms with Crippen molar-refractivity contribution in [2.45, 2.75) is 17.7 Å². The van der Waals surface area contributed by atoms with E-state index in [1.165, 1.54) is 36.7 Å². The lowest BCUT2D eigenvalue weighted by atomic mass is 9.99. The molecule has 0 radical (unpaired) electrons. The van der Waals surface area contributed by atoms with E-state index in [4.69, 9.17) is 32.7 Å². The van der Waals surface area contributed by atoms with Gasteiger partial charge in [0.15, 0.2) is 11.5 Å². The molecule has 7 nitrogen and oxygen atoms in total. The summed E-state index contributed by atoms with van der Waals surface area (Å²) in [6.07, 6.45) is 1.15. The van der Waals surface area contributed by atoms with Crippen molar-refractivity contribution in [1.29, 1.82) is 0 Å². The van der Waals surface area contributed by atoms with Gasteiger partial charge in [-0.25, -0.2) is 8.42 Å². The molecule has 1 N–H and O–H groups in total. The molecule has 1 aliphatic heterocycles. The summed E-state index contributed by atoms with van der Waals surface area (Å²) in [6.45, 7) is 0.413. The average Bonchev–Trinajstić information content (AvgIpc) is 2.75. The number of sulfonamides is 1. The lowest BCUT2D eigenvalue weighted by Gasteiger charge is -2.31. The van der Waals surface area contributed by atoms with E-state index in [0.717, 1.165) is 0 Å². The zero-order valence-corrected chi connectivity index (χ0v) is 18.9. The Morgan fingerprint density at radius 3 is 2.50 bits per heavy atom. The maximum atomic E-state index is 13.1. The molecule has 0 spiro atoms. The fraction of sp³-hybridized carbons (Fsp3) is 0.350. The van der Waals surface area contributed by atoms with Crippen LogP contribution in [0.4, 0.5) is 5.69 Å². The number of nitrogens with one attached hydrogen (secondary N) is 1. The summed E-state index contributed by atoms with van der Waals surface area (Å²) in [5.41, 5.74) is 0.436. The second kappa shape index (κ2) is 9.43. The van der Waals surface area contributed by atoms with Gasteiger partial charge in [-0.2, -0.15) is 4.31 Å². The molecule has 1 aliphatic rings. The zero-order chi connectivity index (χ0) is 21.9. The van der Waals surface area contributed by atoms with Gasteiger partial charge in [0.25, 0.3) is 0 Å². The molecule has 1 heterocycles. The van der Waals surface area contributed by atoms with E-state index < -0.39 is 15.9 Å². The lowest BCUT2D eigenvalue weighted by Crippen LogP contribution is -2.43. The SMILES string of the molecule is COc1ccc(S(=O)(=O)N2CCC[C@H](C(=O)Nc3ccc(Cl)cc3Cl)C2)cc1OC. The maximum absolute atomic E-state index is 13.1. The Hall–Kier alpha value is -2.00. The summed E-state index contributed by atoms with van der Waals surface area (Å²) < 4.78 is 38.0. The highest BCUT2D eigenvalue weighted by atomic mass is 35.5. The normalized spacial score (nSPS) is 17.4. The van der Waals surface area contributed by atoms with E-state index in [2.05, 4.69) is 5.32 Å². The van der Waals surface area contributed by atoms with Gasteiger partial charge in [0.05, 0.1) is 35.7 Å². The van der Waals surface area contributed by atoms with Crippen LogP contribution in [0, 0.1) is 5.92 Å². The first-order chi connectivity index (χ1) is 14.3. The number of carbonyl (C=O) groups excluding carboxylic acids is 1. The summed E-state index contributed by atoms with van der Waals surface area (Å²) in [4.78, 5) is 12.8. The van der Waals surface area contributed by atoms with E-state index in [-0.39, 0.29) is 17.3 Å². The Balaban J connectivity index is 1.77. The van der Waals surface area contributed by atoms with Crippen molar-refractivity contribution >= 4 is 44.8 Å². The number of piperidine rings is 1. The van der Waals surface area contributed by atoms with E-state index in [9.17, 15) is 13.2 Å². The highest BCUT2D eigenvalue weighted by Crippen LogP contribution is 2.32. The molecule has 1 atom stereocenters. The van der Waals surface area contributed by atoms with Crippen LogP contribution in [0.25, 0.3) is 0 Å². The third kappa shape index (κ3) is 4.83. The Labute approximate surface area is 185 Å². The zero-order valence-electron chi connectivity index (χ0n) is 16.5. The van der Waals surface area contributed by atoms with Crippen molar-refractivity contribution < 1.29 is 22.7 Å². The quantitative estimate of drug-likeness (QED) is 0.685. The lowest BCUT2D eigenvalue weighted by molar-refractivity contribution is -0.120. The molecule has 10 heteroatoms. The van der Waals surface area contributed by atoms with Crippen LogP contribution in [0.15, 0.2) is 41.3 Å². The Morgan fingerprint density at radius 2 is 1.83 bits per heavy atom. The van der Waals surface area contributed by atoms with Crippen molar-refractivity contribution in [3.8, 4) is 11.5 Å². The molecule has 2 aromatic carbocycles. The molecular weight excluding hydrogens is 451 g/mol. The smallest absolute Gasteiger partial charge is 0.243 e. The monoisotopic (exact) mass is 472 g/mol. The first-order valence-electron chi connectivity index (χ1n) is 9.24. The minimum absolute atomic E-state index is 0.0771. The summed E-state index contributed by atoms with van der Waals surface area (Å²) in [7, 11) is -0.878. The van der Waals surface area contributed by atoms with Gasteiger partial charge >= 0.3 is 0 Å². The standard InChI is InChI=1S/C20H22Cl2N2O5S/c1-28-18-8-6-15(11-19(18)29-2)30(26,27)24-9-3-4-13(12-24)20(25)23-17-7-5-14(21)10-16(17)22/h5-8,10-11,13H,3-4,9,12H2,1-2H3,(H,23,25)/t13-/m0/s1. The summed E-state index contributed by atoms with van der Waals surface area (Å²) in [5.74, 6) is -0.0266. The molecule has 0 aromatic heterocycles. The molecule has 0 saturated carbocycles. The third-order valence-electron chi connectivity index (χ3n) is 4.94. The molecule has 162 valence electrons. The van der Waals surface area contributed by atoms with Gasteiger partial charge in [-0.15, -0.1) is 0 Å². The minimum atomic E-state index is -3.80. The predicted octanol–water partition coefficient (Wildman–Crippen LogP) is 4.05. The molecule has 1 fully saturated rings. The first-order valence-corrected chi connectivity index (χ1v) is 11.4. The minimum Gasteiger partial charge on any atom is -0.493 e. The van der Waals surface area contributed by atoms with Gasteiger partial charge in [-0.3, -0.25) is 4.79 Å². The van der Waals surface area contributed by atoms with Crippen LogP contribution < -0.4 is 14.8 Å². The van der Waals surface area contributed by atoms with Crippen LogP contribution in [-0.4, -0.2) is 45.9 Å². The number of halogens is 2. The number of hydrogen-bond acceptors (Lipinski definition) is 5. The van der Waals surface area contributed by atoms with Crippen molar-refractivity contribution in [3.05, 3.63) is 46.4 Å². The number of benzene rings is 2. The maximum Gasteiger partial charge on any atom is 0.243 e. The van der Waals surface area contributed by atoms with Crippen LogP contribution in [0.1, 0.15) is 12.8 Å². The van der Waals surface area contributed by atoms with Gasteiger partial charge in [0.1, 0.15) is 0 Å². The topological polar surface area (TPSA) is 84.9 Å². The third-order valence-corrected chi connectivity index (χ3v) is 7.35. The van der Waals surface area contributed by atoms with E-state index in [1.54, 1.807) is 18.2 Å². The van der Waals surface area contributed by atoms with Gasteiger partial charge in [-0.05, 0) is 43.2 Å².